The number of methoxy groups -OCH3 is 1. The predicted octanol–water partition coefficient (Wildman–Crippen LogP) is 2.02. The van der Waals surface area contributed by atoms with Crippen LogP contribution in [0.2, 0.25) is 0 Å². The monoisotopic (exact) mass is 217 g/mol. The van der Waals surface area contributed by atoms with E-state index in [0.717, 1.165) is 11.3 Å². The number of aryl methyl sites for hydroxylation is 1. The van der Waals surface area contributed by atoms with Crippen molar-refractivity contribution in [1.29, 1.82) is 0 Å². The molecular formula is C12H11NO3. The standard InChI is InChI=1S/C12H11NO3/c1-8-13-11(7-12(14)16-8)9-3-5-10(15-2)6-4-9/h3-7H,1-2H3. The van der Waals surface area contributed by atoms with Gasteiger partial charge in [0, 0.05) is 12.5 Å². The summed E-state index contributed by atoms with van der Waals surface area (Å²) in [6.45, 7) is 1.65. The molecule has 82 valence electrons. The normalized spacial score (nSPS) is 10.1. The molecule has 2 aromatic rings. The lowest BCUT2D eigenvalue weighted by atomic mass is 10.1. The van der Waals surface area contributed by atoms with Crippen LogP contribution in [0.15, 0.2) is 39.5 Å². The molecule has 0 amide bonds. The van der Waals surface area contributed by atoms with Crippen molar-refractivity contribution in [3.05, 3.63) is 46.6 Å². The van der Waals surface area contributed by atoms with E-state index in [9.17, 15) is 4.79 Å². The van der Waals surface area contributed by atoms with Gasteiger partial charge in [0.15, 0.2) is 5.89 Å². The Morgan fingerprint density at radius 2 is 1.94 bits per heavy atom. The number of benzene rings is 1. The summed E-state index contributed by atoms with van der Waals surface area (Å²) in [7, 11) is 1.61. The van der Waals surface area contributed by atoms with Crippen LogP contribution in [0.3, 0.4) is 0 Å². The van der Waals surface area contributed by atoms with Gasteiger partial charge in [0.2, 0.25) is 0 Å². The Morgan fingerprint density at radius 1 is 1.25 bits per heavy atom. The van der Waals surface area contributed by atoms with Crippen LogP contribution in [0.4, 0.5) is 0 Å². The highest BCUT2D eigenvalue weighted by molar-refractivity contribution is 5.59. The summed E-state index contributed by atoms with van der Waals surface area (Å²) in [4.78, 5) is 15.3. The van der Waals surface area contributed by atoms with E-state index in [-0.39, 0.29) is 0 Å². The molecular weight excluding hydrogens is 206 g/mol. The topological polar surface area (TPSA) is 52.3 Å². The third kappa shape index (κ3) is 2.11. The average Bonchev–Trinajstić information content (AvgIpc) is 2.28. The van der Waals surface area contributed by atoms with Crippen molar-refractivity contribution < 1.29 is 9.15 Å². The van der Waals surface area contributed by atoms with Crippen LogP contribution in [0.1, 0.15) is 5.89 Å². The van der Waals surface area contributed by atoms with Gasteiger partial charge in [-0.05, 0) is 24.3 Å². The van der Waals surface area contributed by atoms with Gasteiger partial charge in [0.25, 0.3) is 0 Å². The van der Waals surface area contributed by atoms with Gasteiger partial charge in [0.1, 0.15) is 5.75 Å². The first-order valence-corrected chi connectivity index (χ1v) is 4.82. The quantitative estimate of drug-likeness (QED) is 0.772. The second-order valence-corrected chi connectivity index (χ2v) is 3.31. The zero-order chi connectivity index (χ0) is 11.5. The summed E-state index contributed by atoms with van der Waals surface area (Å²) in [5, 5.41) is 0. The molecule has 0 aliphatic carbocycles. The molecule has 1 aromatic heterocycles. The molecule has 0 fully saturated rings. The number of hydrogen-bond acceptors (Lipinski definition) is 4. The van der Waals surface area contributed by atoms with E-state index >= 15 is 0 Å². The van der Waals surface area contributed by atoms with Gasteiger partial charge in [-0.2, -0.15) is 0 Å². The number of ether oxygens (including phenoxy) is 1. The highest BCUT2D eigenvalue weighted by atomic mass is 16.5. The number of aromatic nitrogens is 1. The molecule has 1 heterocycles. The molecule has 0 bridgehead atoms. The minimum atomic E-state index is -0.390. The molecule has 2 rings (SSSR count). The Balaban J connectivity index is 2.46. The van der Waals surface area contributed by atoms with Crippen LogP contribution in [-0.4, -0.2) is 12.1 Å². The van der Waals surface area contributed by atoms with Crippen molar-refractivity contribution in [2.75, 3.05) is 7.11 Å². The summed E-state index contributed by atoms with van der Waals surface area (Å²) in [6, 6.07) is 8.71. The van der Waals surface area contributed by atoms with E-state index in [1.807, 2.05) is 24.3 Å². The number of rotatable bonds is 2. The van der Waals surface area contributed by atoms with E-state index in [1.165, 1.54) is 6.07 Å². The SMILES string of the molecule is COc1ccc(-c2cc(=O)oc(C)n2)cc1. The van der Waals surface area contributed by atoms with Crippen molar-refractivity contribution in [2.24, 2.45) is 0 Å². The van der Waals surface area contributed by atoms with Crippen LogP contribution in [-0.2, 0) is 0 Å². The second-order valence-electron chi connectivity index (χ2n) is 3.31. The lowest BCUT2D eigenvalue weighted by Gasteiger charge is -2.02. The van der Waals surface area contributed by atoms with Crippen molar-refractivity contribution in [2.45, 2.75) is 6.92 Å². The van der Waals surface area contributed by atoms with Crippen molar-refractivity contribution in [3.8, 4) is 17.0 Å². The average molecular weight is 217 g/mol. The highest BCUT2D eigenvalue weighted by Gasteiger charge is 2.03. The zero-order valence-corrected chi connectivity index (χ0v) is 9.06. The smallest absolute Gasteiger partial charge is 0.339 e. The molecule has 0 radical (unpaired) electrons. The van der Waals surface area contributed by atoms with Crippen LogP contribution >= 0.6 is 0 Å². The van der Waals surface area contributed by atoms with E-state index < -0.39 is 5.63 Å². The van der Waals surface area contributed by atoms with Crippen molar-refractivity contribution in [1.82, 2.24) is 4.98 Å². The summed E-state index contributed by atoms with van der Waals surface area (Å²) in [5.74, 6) is 1.13. The van der Waals surface area contributed by atoms with Gasteiger partial charge in [-0.1, -0.05) is 0 Å². The van der Waals surface area contributed by atoms with E-state index in [0.29, 0.717) is 11.6 Å². The van der Waals surface area contributed by atoms with Gasteiger partial charge >= 0.3 is 5.63 Å². The number of hydrogen-bond donors (Lipinski definition) is 0. The molecule has 0 spiro atoms. The molecule has 0 atom stereocenters. The lowest BCUT2D eigenvalue weighted by molar-refractivity contribution is 0.415. The zero-order valence-electron chi connectivity index (χ0n) is 9.06. The fraction of sp³-hybridized carbons (Fsp3) is 0.167. The summed E-state index contributed by atoms with van der Waals surface area (Å²) < 4.78 is 9.84. The molecule has 0 aliphatic rings. The molecule has 0 N–H and O–H groups in total. The number of nitrogens with zero attached hydrogens (tertiary/aromatic N) is 1. The first kappa shape index (κ1) is 10.4. The molecule has 16 heavy (non-hydrogen) atoms. The van der Waals surface area contributed by atoms with E-state index in [1.54, 1.807) is 14.0 Å². The third-order valence-electron chi connectivity index (χ3n) is 2.17. The fourth-order valence-corrected chi connectivity index (χ4v) is 1.42. The molecule has 1 aromatic carbocycles. The van der Waals surface area contributed by atoms with Crippen LogP contribution in [0.5, 0.6) is 5.75 Å². The van der Waals surface area contributed by atoms with E-state index in [4.69, 9.17) is 9.15 Å². The molecule has 0 aliphatic heterocycles. The largest absolute Gasteiger partial charge is 0.497 e. The van der Waals surface area contributed by atoms with Crippen LogP contribution < -0.4 is 10.4 Å². The van der Waals surface area contributed by atoms with Gasteiger partial charge in [-0.3, -0.25) is 0 Å². The Labute approximate surface area is 92.5 Å². The van der Waals surface area contributed by atoms with Crippen molar-refractivity contribution in [3.63, 3.8) is 0 Å². The summed E-state index contributed by atoms with van der Waals surface area (Å²) in [5.41, 5.74) is 1.08. The van der Waals surface area contributed by atoms with Gasteiger partial charge < -0.3 is 9.15 Å². The predicted molar refractivity (Wildman–Crippen MR) is 59.5 cm³/mol. The van der Waals surface area contributed by atoms with Crippen molar-refractivity contribution >= 4 is 0 Å². The lowest BCUT2D eigenvalue weighted by Crippen LogP contribution is -2.01. The van der Waals surface area contributed by atoms with Gasteiger partial charge in [-0.15, -0.1) is 0 Å². The maximum atomic E-state index is 11.2. The Hall–Kier alpha value is -2.10. The van der Waals surface area contributed by atoms with E-state index in [2.05, 4.69) is 4.98 Å². The summed E-state index contributed by atoms with van der Waals surface area (Å²) in [6.07, 6.45) is 0. The molecule has 0 unspecified atom stereocenters. The Kier molecular flexibility index (Phi) is 2.72. The molecule has 0 saturated heterocycles. The molecule has 0 saturated carbocycles. The third-order valence-corrected chi connectivity index (χ3v) is 2.17. The minimum absolute atomic E-state index is 0.360. The Bertz CT molecular complexity index is 543. The summed E-state index contributed by atoms with van der Waals surface area (Å²) >= 11 is 0. The molecule has 4 nitrogen and oxygen atoms in total. The first-order chi connectivity index (χ1) is 7.69. The minimum Gasteiger partial charge on any atom is -0.497 e. The van der Waals surface area contributed by atoms with Gasteiger partial charge in [-0.25, -0.2) is 9.78 Å². The second kappa shape index (κ2) is 4.18. The maximum absolute atomic E-state index is 11.2. The first-order valence-electron chi connectivity index (χ1n) is 4.82. The maximum Gasteiger partial charge on any atom is 0.339 e. The van der Waals surface area contributed by atoms with Crippen LogP contribution in [0, 0.1) is 6.92 Å². The Morgan fingerprint density at radius 3 is 2.50 bits per heavy atom. The fourth-order valence-electron chi connectivity index (χ4n) is 1.42. The molecule has 4 heteroatoms. The van der Waals surface area contributed by atoms with Gasteiger partial charge in [0.05, 0.1) is 18.9 Å². The highest BCUT2D eigenvalue weighted by Crippen LogP contribution is 2.19. The van der Waals surface area contributed by atoms with Crippen LogP contribution in [0.25, 0.3) is 11.3 Å².